The molecule has 4 nitrogen and oxygen atoms in total. The lowest BCUT2D eigenvalue weighted by atomic mass is 9.95. The fraction of sp³-hybridized carbons (Fsp3) is 0.714. The van der Waals surface area contributed by atoms with Gasteiger partial charge >= 0.3 is 0 Å². The van der Waals surface area contributed by atoms with Crippen molar-refractivity contribution in [1.29, 1.82) is 0 Å². The number of hydrogen-bond donors (Lipinski definition) is 2. The molecule has 0 bridgehead atoms. The summed E-state index contributed by atoms with van der Waals surface area (Å²) >= 11 is 1.64. The summed E-state index contributed by atoms with van der Waals surface area (Å²) in [7, 11) is 0. The molecular weight excluding hydrogens is 260 g/mol. The monoisotopic (exact) mass is 284 g/mol. The molecule has 1 aromatic heterocycles. The van der Waals surface area contributed by atoms with Crippen LogP contribution in [0.4, 0.5) is 0 Å². The van der Waals surface area contributed by atoms with Gasteiger partial charge in [-0.1, -0.05) is 13.8 Å². The zero-order valence-electron chi connectivity index (χ0n) is 12.2. The molecule has 108 valence electrons. The molecule has 0 saturated heterocycles. The summed E-state index contributed by atoms with van der Waals surface area (Å²) in [6.07, 6.45) is 1.69. The molecule has 2 rings (SSSR count). The second-order valence-corrected chi connectivity index (χ2v) is 6.68. The van der Waals surface area contributed by atoms with E-state index in [2.05, 4.69) is 13.8 Å². The van der Waals surface area contributed by atoms with Crippen LogP contribution in [-0.4, -0.2) is 13.2 Å². The van der Waals surface area contributed by atoms with Gasteiger partial charge in [0.1, 0.15) is 13.2 Å². The summed E-state index contributed by atoms with van der Waals surface area (Å²) in [5.41, 5.74) is 12.0. The normalized spacial score (nSPS) is 20.7. The summed E-state index contributed by atoms with van der Waals surface area (Å²) in [5.74, 6) is 1.62. The summed E-state index contributed by atoms with van der Waals surface area (Å²) in [4.78, 5) is 2.09. The van der Waals surface area contributed by atoms with Crippen LogP contribution in [0.15, 0.2) is 0 Å². The topological polar surface area (TPSA) is 70.5 Å². The van der Waals surface area contributed by atoms with E-state index >= 15 is 0 Å². The molecule has 0 radical (unpaired) electrons. The van der Waals surface area contributed by atoms with Gasteiger partial charge in [0, 0.05) is 0 Å². The maximum absolute atomic E-state index is 6.39. The molecule has 0 amide bonds. The van der Waals surface area contributed by atoms with Crippen LogP contribution in [0.25, 0.3) is 0 Å². The molecular formula is C14H24N2O2S. The van der Waals surface area contributed by atoms with Gasteiger partial charge in [-0.3, -0.25) is 0 Å². The van der Waals surface area contributed by atoms with Crippen molar-refractivity contribution in [2.75, 3.05) is 13.2 Å². The van der Waals surface area contributed by atoms with Gasteiger partial charge in [0.15, 0.2) is 11.5 Å². The first-order chi connectivity index (χ1) is 8.83. The summed E-state index contributed by atoms with van der Waals surface area (Å²) in [6, 6.07) is 0. The van der Waals surface area contributed by atoms with Crippen molar-refractivity contribution in [2.45, 2.75) is 51.6 Å². The van der Waals surface area contributed by atoms with Crippen LogP contribution in [0.2, 0.25) is 0 Å². The molecule has 1 aliphatic heterocycles. The molecule has 0 spiro atoms. The molecule has 19 heavy (non-hydrogen) atoms. The molecule has 0 aromatic carbocycles. The lowest BCUT2D eigenvalue weighted by Gasteiger charge is -2.25. The highest BCUT2D eigenvalue weighted by Gasteiger charge is 2.37. The Morgan fingerprint density at radius 1 is 0.947 bits per heavy atom. The van der Waals surface area contributed by atoms with Crippen LogP contribution in [0.3, 0.4) is 0 Å². The quantitative estimate of drug-likeness (QED) is 0.892. The molecule has 2 atom stereocenters. The van der Waals surface area contributed by atoms with Crippen LogP contribution in [-0.2, 0) is 11.1 Å². The largest absolute Gasteiger partial charge is 0.485 e. The van der Waals surface area contributed by atoms with E-state index in [1.165, 1.54) is 0 Å². The van der Waals surface area contributed by atoms with Gasteiger partial charge in [0.05, 0.1) is 20.8 Å². The predicted molar refractivity (Wildman–Crippen MR) is 79.0 cm³/mol. The average Bonchev–Trinajstić information content (AvgIpc) is 2.79. The van der Waals surface area contributed by atoms with E-state index in [1.54, 1.807) is 11.3 Å². The van der Waals surface area contributed by atoms with Gasteiger partial charge in [-0.2, -0.15) is 0 Å². The SMILES string of the molecule is CCC(C)(N)c1sc(C(C)(N)CC)c2c1OCCO2. The van der Waals surface area contributed by atoms with Crippen LogP contribution in [0.1, 0.15) is 50.3 Å². The van der Waals surface area contributed by atoms with Gasteiger partial charge < -0.3 is 20.9 Å². The van der Waals surface area contributed by atoms with Crippen molar-refractivity contribution in [1.82, 2.24) is 0 Å². The van der Waals surface area contributed by atoms with E-state index < -0.39 is 11.1 Å². The molecule has 0 fully saturated rings. The first-order valence-corrected chi connectivity index (χ1v) is 7.66. The van der Waals surface area contributed by atoms with Crippen LogP contribution >= 0.6 is 11.3 Å². The van der Waals surface area contributed by atoms with Crippen LogP contribution < -0.4 is 20.9 Å². The van der Waals surface area contributed by atoms with Gasteiger partial charge in [-0.15, -0.1) is 11.3 Å². The summed E-state index contributed by atoms with van der Waals surface area (Å²) < 4.78 is 11.6. The van der Waals surface area contributed by atoms with Gasteiger partial charge in [-0.25, -0.2) is 0 Å². The lowest BCUT2D eigenvalue weighted by Crippen LogP contribution is -2.32. The van der Waals surface area contributed by atoms with Gasteiger partial charge in [0.2, 0.25) is 0 Å². The summed E-state index contributed by atoms with van der Waals surface area (Å²) in [5, 5.41) is 0. The molecule has 2 unspecified atom stereocenters. The summed E-state index contributed by atoms with van der Waals surface area (Å²) in [6.45, 7) is 9.36. The number of fused-ring (bicyclic) bond motifs is 1. The predicted octanol–water partition coefficient (Wildman–Crippen LogP) is 2.69. The van der Waals surface area contributed by atoms with Crippen molar-refractivity contribution in [3.05, 3.63) is 9.75 Å². The molecule has 5 heteroatoms. The Labute approximate surface area is 119 Å². The van der Waals surface area contributed by atoms with E-state index in [-0.39, 0.29) is 0 Å². The highest BCUT2D eigenvalue weighted by atomic mass is 32.1. The van der Waals surface area contributed by atoms with Crippen LogP contribution in [0.5, 0.6) is 11.5 Å². The molecule has 0 saturated carbocycles. The Hall–Kier alpha value is -0.780. The first kappa shape index (κ1) is 14.6. The molecule has 0 aliphatic carbocycles. The standard InChI is InChI=1S/C14H24N2O2S/c1-5-13(3,15)11-9-10(18-8-7-17-9)12(19-11)14(4,16)6-2/h5-8,15-16H2,1-4H3. The third-order valence-electron chi connectivity index (χ3n) is 3.91. The molecule has 4 N–H and O–H groups in total. The zero-order chi connectivity index (χ0) is 14.3. The number of ether oxygens (including phenoxy) is 2. The number of thiophene rings is 1. The maximum atomic E-state index is 6.39. The Morgan fingerprint density at radius 3 is 1.63 bits per heavy atom. The van der Waals surface area contributed by atoms with Gasteiger partial charge in [0.25, 0.3) is 0 Å². The first-order valence-electron chi connectivity index (χ1n) is 6.84. The number of hydrogen-bond acceptors (Lipinski definition) is 5. The van der Waals surface area contributed by atoms with Crippen molar-refractivity contribution in [2.24, 2.45) is 11.5 Å². The van der Waals surface area contributed by atoms with Crippen molar-refractivity contribution < 1.29 is 9.47 Å². The maximum Gasteiger partial charge on any atom is 0.177 e. The Kier molecular flexibility index (Phi) is 3.82. The lowest BCUT2D eigenvalue weighted by molar-refractivity contribution is 0.166. The second-order valence-electron chi connectivity index (χ2n) is 5.66. The fourth-order valence-corrected chi connectivity index (χ4v) is 3.47. The minimum atomic E-state index is -0.405. The Bertz CT molecular complexity index is 426. The van der Waals surface area contributed by atoms with Crippen molar-refractivity contribution in [3.8, 4) is 11.5 Å². The highest BCUT2D eigenvalue weighted by Crippen LogP contribution is 2.51. The minimum absolute atomic E-state index is 0.405. The van der Waals surface area contributed by atoms with E-state index in [9.17, 15) is 0 Å². The average molecular weight is 284 g/mol. The van der Waals surface area contributed by atoms with E-state index in [0.717, 1.165) is 34.1 Å². The fourth-order valence-electron chi connectivity index (χ4n) is 2.02. The Balaban J connectivity index is 2.59. The smallest absolute Gasteiger partial charge is 0.177 e. The molecule has 2 heterocycles. The van der Waals surface area contributed by atoms with E-state index in [0.29, 0.717) is 13.2 Å². The third kappa shape index (κ3) is 2.47. The van der Waals surface area contributed by atoms with Crippen molar-refractivity contribution in [3.63, 3.8) is 0 Å². The second kappa shape index (κ2) is 4.96. The minimum Gasteiger partial charge on any atom is -0.485 e. The van der Waals surface area contributed by atoms with Gasteiger partial charge in [-0.05, 0) is 26.7 Å². The van der Waals surface area contributed by atoms with Crippen molar-refractivity contribution >= 4 is 11.3 Å². The highest BCUT2D eigenvalue weighted by molar-refractivity contribution is 7.13. The van der Waals surface area contributed by atoms with E-state index in [4.69, 9.17) is 20.9 Å². The number of rotatable bonds is 4. The Morgan fingerprint density at radius 2 is 1.32 bits per heavy atom. The third-order valence-corrected chi connectivity index (χ3v) is 5.62. The zero-order valence-corrected chi connectivity index (χ0v) is 13.0. The molecule has 1 aromatic rings. The number of nitrogens with two attached hydrogens (primary N) is 2. The van der Waals surface area contributed by atoms with E-state index in [1.807, 2.05) is 13.8 Å². The van der Waals surface area contributed by atoms with Crippen LogP contribution in [0, 0.1) is 0 Å². The molecule has 1 aliphatic rings.